The molecule has 1 saturated heterocycles. The van der Waals surface area contributed by atoms with Gasteiger partial charge in [0.15, 0.2) is 0 Å². The first-order valence-corrected chi connectivity index (χ1v) is 7.21. The van der Waals surface area contributed by atoms with Crippen molar-refractivity contribution in [3.8, 4) is 0 Å². The summed E-state index contributed by atoms with van der Waals surface area (Å²) in [5.74, 6) is 0.998. The SMILES string of the molecule is CCOC(=O)C1CCC(C2CCCCN2)CC1. The molecule has 1 aliphatic heterocycles. The molecule has 98 valence electrons. The van der Waals surface area contributed by atoms with Crippen LogP contribution in [0.3, 0.4) is 0 Å². The summed E-state index contributed by atoms with van der Waals surface area (Å²) in [5, 5.41) is 3.64. The molecule has 0 spiro atoms. The molecule has 0 aromatic rings. The van der Waals surface area contributed by atoms with Gasteiger partial charge < -0.3 is 10.1 Å². The third-order valence-corrected chi connectivity index (χ3v) is 4.31. The average molecular weight is 239 g/mol. The summed E-state index contributed by atoms with van der Waals surface area (Å²) in [6.07, 6.45) is 8.48. The highest BCUT2D eigenvalue weighted by atomic mass is 16.5. The predicted molar refractivity (Wildman–Crippen MR) is 67.7 cm³/mol. The van der Waals surface area contributed by atoms with Crippen LogP contribution in [0.15, 0.2) is 0 Å². The molecule has 0 aromatic heterocycles. The summed E-state index contributed by atoms with van der Waals surface area (Å²) in [5.41, 5.74) is 0. The van der Waals surface area contributed by atoms with E-state index in [2.05, 4.69) is 5.32 Å². The van der Waals surface area contributed by atoms with Gasteiger partial charge in [0, 0.05) is 6.04 Å². The molecule has 0 amide bonds. The lowest BCUT2D eigenvalue weighted by Crippen LogP contribution is -2.41. The maximum Gasteiger partial charge on any atom is 0.308 e. The highest BCUT2D eigenvalue weighted by Crippen LogP contribution is 2.33. The summed E-state index contributed by atoms with van der Waals surface area (Å²) < 4.78 is 5.11. The Hall–Kier alpha value is -0.570. The molecule has 1 atom stereocenters. The zero-order valence-corrected chi connectivity index (χ0v) is 10.9. The minimum atomic E-state index is 0.0301. The Morgan fingerprint density at radius 1 is 1.18 bits per heavy atom. The van der Waals surface area contributed by atoms with Crippen LogP contribution in [-0.2, 0) is 9.53 Å². The number of carbonyl (C=O) groups excluding carboxylic acids is 1. The number of hydrogen-bond donors (Lipinski definition) is 1. The van der Waals surface area contributed by atoms with Gasteiger partial charge in [0.2, 0.25) is 0 Å². The summed E-state index contributed by atoms with van der Waals surface area (Å²) in [6, 6.07) is 0.715. The number of rotatable bonds is 3. The number of esters is 1. The van der Waals surface area contributed by atoms with Crippen LogP contribution >= 0.6 is 0 Å². The van der Waals surface area contributed by atoms with Gasteiger partial charge in [0.25, 0.3) is 0 Å². The summed E-state index contributed by atoms with van der Waals surface area (Å²) in [7, 11) is 0. The van der Waals surface area contributed by atoms with Gasteiger partial charge in [-0.05, 0) is 57.9 Å². The lowest BCUT2D eigenvalue weighted by Gasteiger charge is -2.35. The normalized spacial score (nSPS) is 34.3. The molecule has 0 bridgehead atoms. The van der Waals surface area contributed by atoms with Crippen molar-refractivity contribution in [3.63, 3.8) is 0 Å². The van der Waals surface area contributed by atoms with Crippen LogP contribution in [0.25, 0.3) is 0 Å². The van der Waals surface area contributed by atoms with Gasteiger partial charge in [-0.1, -0.05) is 6.42 Å². The molecule has 17 heavy (non-hydrogen) atoms. The smallest absolute Gasteiger partial charge is 0.308 e. The number of nitrogens with one attached hydrogen (secondary N) is 1. The lowest BCUT2D eigenvalue weighted by molar-refractivity contribution is -0.149. The second-order valence-electron chi connectivity index (χ2n) is 5.42. The first-order chi connectivity index (χ1) is 8.31. The fourth-order valence-electron chi connectivity index (χ4n) is 3.30. The van der Waals surface area contributed by atoms with Crippen molar-refractivity contribution in [1.82, 2.24) is 5.32 Å². The maximum atomic E-state index is 11.6. The van der Waals surface area contributed by atoms with Crippen molar-refractivity contribution in [1.29, 1.82) is 0 Å². The van der Waals surface area contributed by atoms with Crippen molar-refractivity contribution < 1.29 is 9.53 Å². The van der Waals surface area contributed by atoms with Crippen LogP contribution in [0.1, 0.15) is 51.9 Å². The number of ether oxygens (including phenoxy) is 1. The van der Waals surface area contributed by atoms with Crippen molar-refractivity contribution in [3.05, 3.63) is 0 Å². The van der Waals surface area contributed by atoms with E-state index in [9.17, 15) is 4.79 Å². The van der Waals surface area contributed by atoms with E-state index in [0.29, 0.717) is 12.6 Å². The number of piperidine rings is 1. The molecule has 1 saturated carbocycles. The fraction of sp³-hybridized carbons (Fsp3) is 0.929. The van der Waals surface area contributed by atoms with E-state index >= 15 is 0 Å². The zero-order valence-electron chi connectivity index (χ0n) is 10.9. The molecule has 3 nitrogen and oxygen atoms in total. The quantitative estimate of drug-likeness (QED) is 0.769. The molecular weight excluding hydrogens is 214 g/mol. The molecule has 1 aliphatic carbocycles. The van der Waals surface area contributed by atoms with E-state index in [-0.39, 0.29) is 11.9 Å². The average Bonchev–Trinajstić information content (AvgIpc) is 2.40. The van der Waals surface area contributed by atoms with E-state index in [4.69, 9.17) is 4.74 Å². The molecule has 3 heteroatoms. The van der Waals surface area contributed by atoms with E-state index in [1.165, 1.54) is 38.6 Å². The maximum absolute atomic E-state index is 11.6. The van der Waals surface area contributed by atoms with Crippen molar-refractivity contribution in [2.24, 2.45) is 11.8 Å². The molecule has 1 heterocycles. The van der Waals surface area contributed by atoms with Gasteiger partial charge in [0.05, 0.1) is 12.5 Å². The Bertz CT molecular complexity index is 241. The van der Waals surface area contributed by atoms with Gasteiger partial charge in [-0.15, -0.1) is 0 Å². The summed E-state index contributed by atoms with van der Waals surface area (Å²) in [6.45, 7) is 3.58. The third-order valence-electron chi connectivity index (χ3n) is 4.31. The highest BCUT2D eigenvalue weighted by molar-refractivity contribution is 5.72. The largest absolute Gasteiger partial charge is 0.466 e. The molecule has 2 fully saturated rings. The van der Waals surface area contributed by atoms with Gasteiger partial charge >= 0.3 is 5.97 Å². The zero-order chi connectivity index (χ0) is 12.1. The van der Waals surface area contributed by atoms with E-state index in [0.717, 1.165) is 18.8 Å². The Labute approximate surface area is 104 Å². The Kier molecular flexibility index (Phi) is 4.84. The topological polar surface area (TPSA) is 38.3 Å². The molecule has 0 radical (unpaired) electrons. The molecule has 1 unspecified atom stereocenters. The fourth-order valence-corrected chi connectivity index (χ4v) is 3.30. The second-order valence-corrected chi connectivity index (χ2v) is 5.42. The number of carbonyl (C=O) groups is 1. The van der Waals surface area contributed by atoms with Crippen molar-refractivity contribution in [2.75, 3.05) is 13.2 Å². The standard InChI is InChI=1S/C14H25NO2/c1-2-17-14(16)12-8-6-11(7-9-12)13-5-3-4-10-15-13/h11-13,15H,2-10H2,1H3. The number of hydrogen-bond acceptors (Lipinski definition) is 3. The monoisotopic (exact) mass is 239 g/mol. The highest BCUT2D eigenvalue weighted by Gasteiger charge is 2.31. The lowest BCUT2D eigenvalue weighted by atomic mass is 9.76. The molecule has 2 aliphatic rings. The van der Waals surface area contributed by atoms with Crippen LogP contribution in [-0.4, -0.2) is 25.2 Å². The molecule has 0 aromatic carbocycles. The van der Waals surface area contributed by atoms with E-state index in [1.807, 2.05) is 6.92 Å². The minimum absolute atomic E-state index is 0.0301. The van der Waals surface area contributed by atoms with Crippen molar-refractivity contribution in [2.45, 2.75) is 57.9 Å². The molecule has 2 rings (SSSR count). The van der Waals surface area contributed by atoms with Crippen LogP contribution in [0.5, 0.6) is 0 Å². The van der Waals surface area contributed by atoms with E-state index < -0.39 is 0 Å². The van der Waals surface area contributed by atoms with Crippen LogP contribution in [0.4, 0.5) is 0 Å². The Morgan fingerprint density at radius 2 is 1.94 bits per heavy atom. The minimum Gasteiger partial charge on any atom is -0.466 e. The van der Waals surface area contributed by atoms with E-state index in [1.54, 1.807) is 0 Å². The van der Waals surface area contributed by atoms with Gasteiger partial charge in [-0.3, -0.25) is 4.79 Å². The van der Waals surface area contributed by atoms with Crippen LogP contribution < -0.4 is 5.32 Å². The van der Waals surface area contributed by atoms with Gasteiger partial charge in [0.1, 0.15) is 0 Å². The van der Waals surface area contributed by atoms with Gasteiger partial charge in [-0.2, -0.15) is 0 Å². The van der Waals surface area contributed by atoms with Gasteiger partial charge in [-0.25, -0.2) is 0 Å². The first-order valence-electron chi connectivity index (χ1n) is 7.21. The summed E-state index contributed by atoms with van der Waals surface area (Å²) >= 11 is 0. The van der Waals surface area contributed by atoms with Crippen LogP contribution in [0, 0.1) is 11.8 Å². The Morgan fingerprint density at radius 3 is 2.53 bits per heavy atom. The predicted octanol–water partition coefficient (Wildman–Crippen LogP) is 2.50. The molecule has 1 N–H and O–H groups in total. The van der Waals surface area contributed by atoms with Crippen molar-refractivity contribution >= 4 is 5.97 Å². The first kappa shape index (κ1) is 12.9. The van der Waals surface area contributed by atoms with Crippen LogP contribution in [0.2, 0.25) is 0 Å². The summed E-state index contributed by atoms with van der Waals surface area (Å²) in [4.78, 5) is 11.6. The molecular formula is C14H25NO2. The third kappa shape index (κ3) is 3.44. The second kappa shape index (κ2) is 6.39. The Balaban J connectivity index is 1.75.